The number of carbonyl (C=O) groups excluding carboxylic acids is 1. The van der Waals surface area contributed by atoms with Gasteiger partial charge in [0.2, 0.25) is 0 Å². The van der Waals surface area contributed by atoms with Crippen molar-refractivity contribution < 1.29 is 9.21 Å². The summed E-state index contributed by atoms with van der Waals surface area (Å²) in [5, 5.41) is 4.16. The van der Waals surface area contributed by atoms with Gasteiger partial charge in [0.25, 0.3) is 5.91 Å². The average Bonchev–Trinajstić information content (AvgIpc) is 3.32. The molecule has 1 amide bonds. The van der Waals surface area contributed by atoms with Crippen molar-refractivity contribution in [2.45, 2.75) is 18.9 Å². The number of nitrogens with zero attached hydrogens (tertiary/aromatic N) is 2. The Morgan fingerprint density at radius 1 is 1.24 bits per heavy atom. The molecule has 25 heavy (non-hydrogen) atoms. The van der Waals surface area contributed by atoms with Crippen LogP contribution < -0.4 is 5.32 Å². The van der Waals surface area contributed by atoms with Gasteiger partial charge in [0.1, 0.15) is 5.69 Å². The van der Waals surface area contributed by atoms with Crippen LogP contribution in [0.3, 0.4) is 0 Å². The molecule has 0 radical (unpaired) electrons. The van der Waals surface area contributed by atoms with Gasteiger partial charge in [-0.05, 0) is 61.1 Å². The van der Waals surface area contributed by atoms with Crippen molar-refractivity contribution in [1.29, 1.82) is 0 Å². The molecule has 1 aromatic carbocycles. The van der Waals surface area contributed by atoms with Crippen molar-refractivity contribution in [3.05, 3.63) is 42.5 Å². The molecule has 0 spiro atoms. The zero-order valence-corrected chi connectivity index (χ0v) is 14.6. The Morgan fingerprint density at radius 3 is 2.84 bits per heavy atom. The zero-order chi connectivity index (χ0) is 16.8. The van der Waals surface area contributed by atoms with Gasteiger partial charge in [0.05, 0.1) is 17.2 Å². The van der Waals surface area contributed by atoms with Crippen LogP contribution in [0.5, 0.6) is 0 Å². The van der Waals surface area contributed by atoms with E-state index < -0.39 is 0 Å². The summed E-state index contributed by atoms with van der Waals surface area (Å²) in [6.45, 7) is 3.32. The van der Waals surface area contributed by atoms with Gasteiger partial charge in [0.15, 0.2) is 0 Å². The van der Waals surface area contributed by atoms with Crippen molar-refractivity contribution in [2.75, 3.05) is 19.6 Å². The number of aromatic nitrogens is 1. The van der Waals surface area contributed by atoms with E-state index in [9.17, 15) is 4.79 Å². The monoisotopic (exact) mass is 353 g/mol. The molecule has 3 aliphatic heterocycles. The Bertz CT molecular complexity index is 910. The number of nitrogens with one attached hydrogen (secondary N) is 1. The smallest absolute Gasteiger partial charge is 0.271 e. The molecule has 0 aliphatic carbocycles. The number of furan rings is 1. The van der Waals surface area contributed by atoms with E-state index in [1.165, 1.54) is 37.5 Å². The first-order valence-corrected chi connectivity index (χ1v) is 9.50. The lowest BCUT2D eigenvalue weighted by molar-refractivity contribution is 0.0619. The summed E-state index contributed by atoms with van der Waals surface area (Å²) in [6.07, 6.45) is 5.77. The molecule has 3 aromatic rings. The van der Waals surface area contributed by atoms with Crippen molar-refractivity contribution in [3.63, 3.8) is 0 Å². The molecule has 5 heterocycles. The second kappa shape index (κ2) is 5.97. The number of carbonyl (C=O) groups is 1. The lowest BCUT2D eigenvalue weighted by Crippen LogP contribution is -2.57. The highest BCUT2D eigenvalue weighted by atomic mass is 32.1. The minimum atomic E-state index is -0.0407. The molecular formula is C19H19N3O2S. The Hall–Kier alpha value is -2.18. The van der Waals surface area contributed by atoms with Gasteiger partial charge < -0.3 is 14.6 Å². The summed E-state index contributed by atoms with van der Waals surface area (Å²) in [7, 11) is 0. The predicted molar refractivity (Wildman–Crippen MR) is 97.7 cm³/mol. The first-order chi connectivity index (χ1) is 12.3. The normalized spacial score (nSPS) is 25.4. The fourth-order valence-electron chi connectivity index (χ4n) is 4.07. The van der Waals surface area contributed by atoms with Crippen molar-refractivity contribution in [1.82, 2.24) is 14.6 Å². The van der Waals surface area contributed by atoms with Crippen LogP contribution in [0.25, 0.3) is 21.2 Å². The number of rotatable bonds is 3. The van der Waals surface area contributed by atoms with Crippen LogP contribution in [0, 0.1) is 5.92 Å². The van der Waals surface area contributed by atoms with Crippen LogP contribution in [0.2, 0.25) is 0 Å². The Morgan fingerprint density at radius 2 is 2.12 bits per heavy atom. The molecule has 128 valence electrons. The molecule has 5 nitrogen and oxygen atoms in total. The zero-order valence-electron chi connectivity index (χ0n) is 13.8. The summed E-state index contributed by atoms with van der Waals surface area (Å²) in [4.78, 5) is 15.2. The third-order valence-corrected chi connectivity index (χ3v) is 6.32. The lowest BCUT2D eigenvalue weighted by Gasteiger charge is -2.44. The average molecular weight is 353 g/mol. The maximum Gasteiger partial charge on any atom is 0.271 e. The van der Waals surface area contributed by atoms with E-state index in [0.29, 0.717) is 11.6 Å². The van der Waals surface area contributed by atoms with Crippen LogP contribution in [-0.2, 0) is 0 Å². The number of hydrogen-bond acceptors (Lipinski definition) is 5. The van der Waals surface area contributed by atoms with Crippen LogP contribution in [0.15, 0.2) is 41.2 Å². The van der Waals surface area contributed by atoms with Gasteiger partial charge in [-0.15, -0.1) is 0 Å². The third-order valence-electron chi connectivity index (χ3n) is 5.51. The maximum atomic E-state index is 12.8. The molecule has 6 heteroatoms. The van der Waals surface area contributed by atoms with Crippen LogP contribution in [-0.4, -0.2) is 40.9 Å². The number of amides is 1. The van der Waals surface area contributed by atoms with E-state index in [2.05, 4.69) is 20.7 Å². The number of hydrogen-bond donors (Lipinski definition) is 1. The van der Waals surface area contributed by atoms with Crippen LogP contribution >= 0.6 is 11.5 Å². The Balaban J connectivity index is 1.40. The molecule has 6 rings (SSSR count). The van der Waals surface area contributed by atoms with Crippen molar-refractivity contribution in [2.24, 2.45) is 5.92 Å². The number of benzene rings is 1. The minimum Gasteiger partial charge on any atom is -0.472 e. The summed E-state index contributed by atoms with van der Waals surface area (Å²) in [5.74, 6) is 0.576. The van der Waals surface area contributed by atoms with Crippen LogP contribution in [0.1, 0.15) is 23.3 Å². The van der Waals surface area contributed by atoms with Gasteiger partial charge in [0, 0.05) is 23.5 Å². The summed E-state index contributed by atoms with van der Waals surface area (Å²) in [6, 6.07) is 8.28. The second-order valence-electron chi connectivity index (χ2n) is 6.97. The number of fused-ring (bicyclic) bond motifs is 4. The van der Waals surface area contributed by atoms with E-state index in [1.807, 2.05) is 18.2 Å². The highest BCUT2D eigenvalue weighted by molar-refractivity contribution is 7.13. The number of piperidine rings is 3. The summed E-state index contributed by atoms with van der Waals surface area (Å²) < 4.78 is 10.6. The fraction of sp³-hybridized carbons (Fsp3) is 0.368. The first kappa shape index (κ1) is 15.1. The molecule has 3 fully saturated rings. The Kier molecular flexibility index (Phi) is 3.60. The standard InChI is InChI=1S/C19H19N3O2S/c23-19(20-16-10-22-6-3-12(16)4-7-22)18-15-2-1-13(9-17(15)25-21-18)14-5-8-24-11-14/h1-2,5,8-9,11-12,16H,3-4,6-7,10H2,(H,20,23)/t16-/m1/s1. The van der Waals surface area contributed by atoms with Crippen molar-refractivity contribution >= 4 is 27.5 Å². The first-order valence-electron chi connectivity index (χ1n) is 8.73. The summed E-state index contributed by atoms with van der Waals surface area (Å²) in [5.41, 5.74) is 2.66. The minimum absolute atomic E-state index is 0.0407. The molecule has 0 saturated carbocycles. The van der Waals surface area contributed by atoms with E-state index in [4.69, 9.17) is 4.42 Å². The molecule has 1 N–H and O–H groups in total. The maximum absolute atomic E-state index is 12.8. The predicted octanol–water partition coefficient (Wildman–Crippen LogP) is 3.38. The van der Waals surface area contributed by atoms with E-state index >= 15 is 0 Å². The topological polar surface area (TPSA) is 58.4 Å². The molecule has 3 saturated heterocycles. The van der Waals surface area contributed by atoms with Gasteiger partial charge >= 0.3 is 0 Å². The highest BCUT2D eigenvalue weighted by Crippen LogP contribution is 2.30. The van der Waals surface area contributed by atoms with Crippen molar-refractivity contribution in [3.8, 4) is 11.1 Å². The molecule has 2 aromatic heterocycles. The van der Waals surface area contributed by atoms with Gasteiger partial charge in [-0.3, -0.25) is 4.79 Å². The largest absolute Gasteiger partial charge is 0.472 e. The van der Waals surface area contributed by atoms with E-state index in [1.54, 1.807) is 12.5 Å². The molecular weight excluding hydrogens is 334 g/mol. The van der Waals surface area contributed by atoms with E-state index in [-0.39, 0.29) is 11.9 Å². The molecule has 1 atom stereocenters. The summed E-state index contributed by atoms with van der Waals surface area (Å²) >= 11 is 1.38. The lowest BCUT2D eigenvalue weighted by atomic mass is 9.84. The van der Waals surface area contributed by atoms with Gasteiger partial charge in [-0.25, -0.2) is 0 Å². The Labute approximate surface area is 149 Å². The van der Waals surface area contributed by atoms with Gasteiger partial charge in [-0.1, -0.05) is 12.1 Å². The fourth-order valence-corrected chi connectivity index (χ4v) is 4.89. The highest BCUT2D eigenvalue weighted by Gasteiger charge is 2.35. The molecule has 0 unspecified atom stereocenters. The SMILES string of the molecule is O=C(N[C@@H]1CN2CCC1CC2)c1nsc2cc(-c3ccoc3)ccc12. The third kappa shape index (κ3) is 2.65. The van der Waals surface area contributed by atoms with E-state index in [0.717, 1.165) is 27.8 Å². The van der Waals surface area contributed by atoms with Gasteiger partial charge in [-0.2, -0.15) is 4.37 Å². The quantitative estimate of drug-likeness (QED) is 0.784. The molecule has 2 bridgehead atoms. The molecule has 3 aliphatic rings. The van der Waals surface area contributed by atoms with Crippen LogP contribution in [0.4, 0.5) is 0 Å². The second-order valence-corrected chi connectivity index (χ2v) is 7.78.